The molecule has 5 heteroatoms. The molecule has 2 saturated heterocycles. The van der Waals surface area contributed by atoms with Gasteiger partial charge in [0.05, 0.1) is 6.54 Å². The summed E-state index contributed by atoms with van der Waals surface area (Å²) in [5, 5.41) is 0. The Labute approximate surface area is 160 Å². The number of amides is 1. The van der Waals surface area contributed by atoms with Crippen molar-refractivity contribution < 1.29 is 9.59 Å². The maximum absolute atomic E-state index is 12.6. The average molecular weight is 365 g/mol. The highest BCUT2D eigenvalue weighted by molar-refractivity contribution is 6.01. The van der Waals surface area contributed by atoms with Crippen molar-refractivity contribution in [3.8, 4) is 0 Å². The van der Waals surface area contributed by atoms with Gasteiger partial charge in [-0.2, -0.15) is 0 Å². The lowest BCUT2D eigenvalue weighted by Gasteiger charge is -2.31. The SMILES string of the molecule is O=C(CN1CCC(c2ccccc2)CC1)c1c[nH]c(C(=O)N2CCCC2)c1. The van der Waals surface area contributed by atoms with Crippen LogP contribution in [0, 0.1) is 0 Å². The van der Waals surface area contributed by atoms with Gasteiger partial charge in [0.1, 0.15) is 5.69 Å². The van der Waals surface area contributed by atoms with Crippen molar-refractivity contribution in [3.05, 3.63) is 59.4 Å². The van der Waals surface area contributed by atoms with Gasteiger partial charge in [-0.25, -0.2) is 0 Å². The predicted octanol–water partition coefficient (Wildman–Crippen LogP) is 3.31. The van der Waals surface area contributed by atoms with Gasteiger partial charge in [-0.05, 0) is 56.3 Å². The molecule has 1 aromatic heterocycles. The zero-order valence-electron chi connectivity index (χ0n) is 15.7. The summed E-state index contributed by atoms with van der Waals surface area (Å²) < 4.78 is 0. The smallest absolute Gasteiger partial charge is 0.270 e. The molecule has 27 heavy (non-hydrogen) atoms. The maximum atomic E-state index is 12.6. The van der Waals surface area contributed by atoms with E-state index in [0.717, 1.165) is 51.9 Å². The molecule has 0 saturated carbocycles. The summed E-state index contributed by atoms with van der Waals surface area (Å²) >= 11 is 0. The first-order chi connectivity index (χ1) is 13.2. The quantitative estimate of drug-likeness (QED) is 0.827. The third-order valence-electron chi connectivity index (χ3n) is 5.85. The highest BCUT2D eigenvalue weighted by Gasteiger charge is 2.24. The number of Topliss-reactive ketones (excluding diaryl/α,β-unsaturated/α-hetero) is 1. The van der Waals surface area contributed by atoms with Crippen LogP contribution in [-0.4, -0.2) is 59.2 Å². The van der Waals surface area contributed by atoms with E-state index in [1.165, 1.54) is 5.56 Å². The van der Waals surface area contributed by atoms with Crippen molar-refractivity contribution in [2.45, 2.75) is 31.6 Å². The molecule has 0 bridgehead atoms. The summed E-state index contributed by atoms with van der Waals surface area (Å²) in [5.74, 6) is 0.689. The Kier molecular flexibility index (Phi) is 5.39. The minimum atomic E-state index is 0.00947. The van der Waals surface area contributed by atoms with Gasteiger partial charge in [0, 0.05) is 24.8 Å². The number of aromatic nitrogens is 1. The Morgan fingerprint density at radius 3 is 2.41 bits per heavy atom. The molecule has 1 N–H and O–H groups in total. The minimum Gasteiger partial charge on any atom is -0.356 e. The van der Waals surface area contributed by atoms with Gasteiger partial charge in [-0.1, -0.05) is 30.3 Å². The van der Waals surface area contributed by atoms with Gasteiger partial charge >= 0.3 is 0 Å². The largest absolute Gasteiger partial charge is 0.356 e. The van der Waals surface area contributed by atoms with Crippen LogP contribution in [0.25, 0.3) is 0 Å². The van der Waals surface area contributed by atoms with Gasteiger partial charge in [0.15, 0.2) is 5.78 Å². The molecular formula is C22H27N3O2. The van der Waals surface area contributed by atoms with Crippen LogP contribution in [0.1, 0.15) is 58.0 Å². The molecule has 5 nitrogen and oxygen atoms in total. The second kappa shape index (κ2) is 8.09. The summed E-state index contributed by atoms with van der Waals surface area (Å²) in [6.07, 6.45) is 5.99. The first kappa shape index (κ1) is 18.0. The fourth-order valence-electron chi connectivity index (χ4n) is 4.21. The lowest BCUT2D eigenvalue weighted by atomic mass is 9.89. The van der Waals surface area contributed by atoms with Crippen LogP contribution >= 0.6 is 0 Å². The van der Waals surface area contributed by atoms with Crippen molar-refractivity contribution in [1.82, 2.24) is 14.8 Å². The van der Waals surface area contributed by atoms with Gasteiger partial charge in [-0.3, -0.25) is 14.5 Å². The standard InChI is InChI=1S/C22H27N3O2/c26-21(19-14-20(23-15-19)22(27)25-10-4-5-11-25)16-24-12-8-18(9-13-24)17-6-2-1-3-7-17/h1-3,6-7,14-15,18,23H,4-5,8-13,16H2. The van der Waals surface area contributed by atoms with E-state index in [0.29, 0.717) is 23.7 Å². The first-order valence-electron chi connectivity index (χ1n) is 9.99. The number of likely N-dealkylation sites (tertiary alicyclic amines) is 2. The molecule has 0 spiro atoms. The van der Waals surface area contributed by atoms with Crippen LogP contribution in [0.2, 0.25) is 0 Å². The lowest BCUT2D eigenvalue weighted by molar-refractivity contribution is 0.0787. The van der Waals surface area contributed by atoms with E-state index >= 15 is 0 Å². The van der Waals surface area contributed by atoms with Gasteiger partial charge in [0.2, 0.25) is 0 Å². The number of carbonyl (C=O) groups excluding carboxylic acids is 2. The van der Waals surface area contributed by atoms with Crippen LogP contribution in [0.3, 0.4) is 0 Å². The molecule has 2 fully saturated rings. The van der Waals surface area contributed by atoms with Crippen LogP contribution in [0.4, 0.5) is 0 Å². The topological polar surface area (TPSA) is 56.4 Å². The number of hydrogen-bond acceptors (Lipinski definition) is 3. The molecule has 1 amide bonds. The van der Waals surface area contributed by atoms with Gasteiger partial charge in [-0.15, -0.1) is 0 Å². The van der Waals surface area contributed by atoms with E-state index in [1.54, 1.807) is 12.3 Å². The number of rotatable bonds is 5. The predicted molar refractivity (Wildman–Crippen MR) is 105 cm³/mol. The fraction of sp³-hybridized carbons (Fsp3) is 0.455. The van der Waals surface area contributed by atoms with Crippen LogP contribution in [-0.2, 0) is 0 Å². The number of nitrogens with zero attached hydrogens (tertiary/aromatic N) is 2. The molecule has 1 aromatic carbocycles. The number of carbonyl (C=O) groups is 2. The van der Waals surface area contributed by atoms with E-state index in [2.05, 4.69) is 40.2 Å². The van der Waals surface area contributed by atoms with Gasteiger partial charge < -0.3 is 9.88 Å². The number of aromatic amines is 1. The zero-order chi connectivity index (χ0) is 18.6. The van der Waals surface area contributed by atoms with Crippen molar-refractivity contribution in [2.75, 3.05) is 32.7 Å². The maximum Gasteiger partial charge on any atom is 0.270 e. The fourth-order valence-corrected chi connectivity index (χ4v) is 4.21. The van der Waals surface area contributed by atoms with E-state index in [-0.39, 0.29) is 11.7 Å². The summed E-state index contributed by atoms with van der Waals surface area (Å²) in [5.41, 5.74) is 2.55. The Bertz CT molecular complexity index is 785. The summed E-state index contributed by atoms with van der Waals surface area (Å²) in [6, 6.07) is 12.4. The second-order valence-corrected chi connectivity index (χ2v) is 7.69. The summed E-state index contributed by atoms with van der Waals surface area (Å²) in [6.45, 7) is 3.94. The number of nitrogens with one attached hydrogen (secondary N) is 1. The number of ketones is 1. The van der Waals surface area contributed by atoms with Crippen molar-refractivity contribution in [2.24, 2.45) is 0 Å². The summed E-state index contributed by atoms with van der Waals surface area (Å²) in [7, 11) is 0. The molecule has 4 rings (SSSR count). The molecule has 0 unspecified atom stereocenters. The minimum absolute atomic E-state index is 0.00947. The number of piperidine rings is 1. The lowest BCUT2D eigenvalue weighted by Crippen LogP contribution is -2.36. The Morgan fingerprint density at radius 2 is 1.70 bits per heavy atom. The van der Waals surface area contributed by atoms with Crippen molar-refractivity contribution >= 4 is 11.7 Å². The molecule has 0 atom stereocenters. The van der Waals surface area contributed by atoms with Crippen LogP contribution in [0.5, 0.6) is 0 Å². The van der Waals surface area contributed by atoms with E-state index in [9.17, 15) is 9.59 Å². The summed E-state index contributed by atoms with van der Waals surface area (Å²) in [4.78, 5) is 32.1. The molecule has 142 valence electrons. The van der Waals surface area contributed by atoms with Crippen LogP contribution < -0.4 is 0 Å². The molecule has 2 aromatic rings. The molecule has 2 aliphatic rings. The number of hydrogen-bond donors (Lipinski definition) is 1. The van der Waals surface area contributed by atoms with E-state index in [4.69, 9.17) is 0 Å². The highest BCUT2D eigenvalue weighted by atomic mass is 16.2. The van der Waals surface area contributed by atoms with Crippen LogP contribution in [0.15, 0.2) is 42.6 Å². The number of benzene rings is 1. The molecule has 0 aliphatic carbocycles. The molecular weight excluding hydrogens is 338 g/mol. The highest BCUT2D eigenvalue weighted by Crippen LogP contribution is 2.27. The first-order valence-corrected chi connectivity index (χ1v) is 9.99. The third-order valence-corrected chi connectivity index (χ3v) is 5.85. The molecule has 3 heterocycles. The monoisotopic (exact) mass is 365 g/mol. The van der Waals surface area contributed by atoms with Crippen molar-refractivity contribution in [1.29, 1.82) is 0 Å². The average Bonchev–Trinajstić information content (AvgIpc) is 3.41. The Hall–Kier alpha value is -2.40. The zero-order valence-corrected chi connectivity index (χ0v) is 15.7. The van der Waals surface area contributed by atoms with E-state index in [1.807, 2.05) is 4.90 Å². The van der Waals surface area contributed by atoms with Crippen molar-refractivity contribution in [3.63, 3.8) is 0 Å². The Balaban J connectivity index is 1.30. The number of H-pyrrole nitrogens is 1. The third kappa shape index (κ3) is 4.14. The van der Waals surface area contributed by atoms with E-state index < -0.39 is 0 Å². The molecule has 2 aliphatic heterocycles. The molecule has 0 radical (unpaired) electrons. The Morgan fingerprint density at radius 1 is 1.00 bits per heavy atom. The second-order valence-electron chi connectivity index (χ2n) is 7.69. The van der Waals surface area contributed by atoms with Gasteiger partial charge in [0.25, 0.3) is 5.91 Å². The normalized spacial score (nSPS) is 18.7.